The van der Waals surface area contributed by atoms with E-state index in [9.17, 15) is 4.79 Å². The minimum Gasteiger partial charge on any atom is -0.397 e. The van der Waals surface area contributed by atoms with Crippen LogP contribution in [0, 0.1) is 0 Å². The number of nitrogens with zero attached hydrogens (tertiary/aromatic N) is 1. The number of nitrogens with one attached hydrogen (secondary N) is 1. The highest BCUT2D eigenvalue weighted by molar-refractivity contribution is 9.10. The minimum atomic E-state index is -0.124. The number of carbonyl (C=O) groups excluding carboxylic acids is 1. The summed E-state index contributed by atoms with van der Waals surface area (Å²) in [5, 5.41) is 6.77. The van der Waals surface area contributed by atoms with Gasteiger partial charge in [0.05, 0.1) is 10.7 Å². The highest BCUT2D eigenvalue weighted by atomic mass is 79.9. The molecule has 0 unspecified atom stereocenters. The van der Waals surface area contributed by atoms with Crippen molar-refractivity contribution in [3.05, 3.63) is 44.1 Å². The van der Waals surface area contributed by atoms with Crippen LogP contribution in [0.25, 0.3) is 10.1 Å². The van der Waals surface area contributed by atoms with Crippen molar-refractivity contribution in [2.45, 2.75) is 6.42 Å². The van der Waals surface area contributed by atoms with E-state index in [-0.39, 0.29) is 5.91 Å². The number of rotatable bonds is 4. The van der Waals surface area contributed by atoms with Crippen molar-refractivity contribution in [2.75, 3.05) is 12.3 Å². The summed E-state index contributed by atoms with van der Waals surface area (Å²) in [6.45, 7) is 0.559. The van der Waals surface area contributed by atoms with Crippen molar-refractivity contribution in [1.82, 2.24) is 10.3 Å². The quantitative estimate of drug-likeness (QED) is 0.724. The summed E-state index contributed by atoms with van der Waals surface area (Å²) in [7, 11) is 0. The summed E-state index contributed by atoms with van der Waals surface area (Å²) in [6.07, 6.45) is 2.50. The first-order valence-corrected chi connectivity index (χ1v) is 8.78. The van der Waals surface area contributed by atoms with Gasteiger partial charge < -0.3 is 11.1 Å². The molecule has 0 aliphatic carbocycles. The van der Waals surface area contributed by atoms with Crippen LogP contribution in [0.3, 0.4) is 0 Å². The third-order valence-corrected chi connectivity index (χ3v) is 5.50. The van der Waals surface area contributed by atoms with Crippen LogP contribution < -0.4 is 11.1 Å². The van der Waals surface area contributed by atoms with Crippen LogP contribution >= 0.6 is 38.6 Å². The topological polar surface area (TPSA) is 68.0 Å². The van der Waals surface area contributed by atoms with Crippen LogP contribution in [0.2, 0.25) is 0 Å². The smallest absolute Gasteiger partial charge is 0.263 e. The maximum atomic E-state index is 12.2. The van der Waals surface area contributed by atoms with Crippen LogP contribution in [-0.4, -0.2) is 17.4 Å². The van der Waals surface area contributed by atoms with E-state index in [0.717, 1.165) is 26.0 Å². The first kappa shape index (κ1) is 14.5. The molecule has 0 fully saturated rings. The Morgan fingerprint density at radius 1 is 1.43 bits per heavy atom. The molecule has 3 rings (SSSR count). The number of hydrogen-bond donors (Lipinski definition) is 2. The molecule has 2 aromatic heterocycles. The molecule has 0 spiro atoms. The number of nitrogens with two attached hydrogens (primary N) is 1. The van der Waals surface area contributed by atoms with Gasteiger partial charge in [-0.2, -0.15) is 0 Å². The van der Waals surface area contributed by atoms with Crippen LogP contribution in [0.15, 0.2) is 34.2 Å². The number of carbonyl (C=O) groups is 1. The van der Waals surface area contributed by atoms with Crippen LogP contribution in [0.1, 0.15) is 14.7 Å². The standard InChI is InChI=1S/C14H12BrN3OS2/c15-8-1-2-9-10(7-8)21-13(12(9)16)14(19)18-4-3-11-17-5-6-20-11/h1-2,5-7H,3-4,16H2,(H,18,19). The molecule has 0 bridgehead atoms. The summed E-state index contributed by atoms with van der Waals surface area (Å²) in [6, 6.07) is 5.83. The Hall–Kier alpha value is -1.44. The van der Waals surface area contributed by atoms with Gasteiger partial charge in [-0.3, -0.25) is 4.79 Å². The number of thiazole rings is 1. The second kappa shape index (κ2) is 6.13. The van der Waals surface area contributed by atoms with E-state index in [1.54, 1.807) is 17.5 Å². The Morgan fingerprint density at radius 3 is 3.05 bits per heavy atom. The number of aromatic nitrogens is 1. The lowest BCUT2D eigenvalue weighted by Crippen LogP contribution is -2.25. The fourth-order valence-electron chi connectivity index (χ4n) is 2.00. The molecular formula is C14H12BrN3OS2. The third-order valence-electron chi connectivity index (χ3n) is 3.00. The van der Waals surface area contributed by atoms with Gasteiger partial charge in [-0.1, -0.05) is 22.0 Å². The second-order valence-electron chi connectivity index (χ2n) is 4.42. The Labute approximate surface area is 138 Å². The second-order valence-corrected chi connectivity index (χ2v) is 7.36. The van der Waals surface area contributed by atoms with Crippen molar-refractivity contribution >= 4 is 60.3 Å². The fourth-order valence-corrected chi connectivity index (χ4v) is 4.21. The van der Waals surface area contributed by atoms with Crippen molar-refractivity contribution in [1.29, 1.82) is 0 Å². The molecule has 7 heteroatoms. The molecule has 0 radical (unpaired) electrons. The average molecular weight is 382 g/mol. The van der Waals surface area contributed by atoms with Crippen LogP contribution in [0.5, 0.6) is 0 Å². The molecule has 3 N–H and O–H groups in total. The molecule has 1 amide bonds. The van der Waals surface area contributed by atoms with Gasteiger partial charge in [0.15, 0.2) is 0 Å². The number of thiophene rings is 1. The van der Waals surface area contributed by atoms with Gasteiger partial charge in [0.1, 0.15) is 4.88 Å². The third kappa shape index (κ3) is 3.09. The van der Waals surface area contributed by atoms with Crippen molar-refractivity contribution in [3.63, 3.8) is 0 Å². The molecule has 2 heterocycles. The number of halogens is 1. The normalized spacial score (nSPS) is 10.9. The van der Waals surface area contributed by atoms with Crippen molar-refractivity contribution in [3.8, 4) is 0 Å². The summed E-state index contributed by atoms with van der Waals surface area (Å²) < 4.78 is 1.99. The lowest BCUT2D eigenvalue weighted by atomic mass is 10.2. The lowest BCUT2D eigenvalue weighted by molar-refractivity contribution is 0.0959. The van der Waals surface area contributed by atoms with Gasteiger partial charge in [-0.05, 0) is 12.1 Å². The van der Waals surface area contributed by atoms with Gasteiger partial charge in [-0.25, -0.2) is 4.98 Å². The summed E-state index contributed by atoms with van der Waals surface area (Å²) in [4.78, 5) is 17.0. The van der Waals surface area contributed by atoms with Crippen LogP contribution in [-0.2, 0) is 6.42 Å². The molecule has 0 aliphatic rings. The number of amides is 1. The molecule has 4 nitrogen and oxygen atoms in total. The highest BCUT2D eigenvalue weighted by Gasteiger charge is 2.16. The molecule has 0 aliphatic heterocycles. The Bertz CT molecular complexity index is 783. The monoisotopic (exact) mass is 381 g/mol. The fraction of sp³-hybridized carbons (Fsp3) is 0.143. The number of hydrogen-bond acceptors (Lipinski definition) is 5. The van der Waals surface area contributed by atoms with Gasteiger partial charge in [-0.15, -0.1) is 22.7 Å². The Kier molecular flexibility index (Phi) is 4.23. The largest absolute Gasteiger partial charge is 0.397 e. The predicted octanol–water partition coefficient (Wildman–Crippen LogP) is 3.68. The molecule has 21 heavy (non-hydrogen) atoms. The molecular weight excluding hydrogens is 370 g/mol. The SMILES string of the molecule is Nc1c(C(=O)NCCc2nccs2)sc2cc(Br)ccc12. The van der Waals surface area contributed by atoms with E-state index in [4.69, 9.17) is 5.73 Å². The predicted molar refractivity (Wildman–Crippen MR) is 92.1 cm³/mol. The number of nitrogen functional groups attached to an aromatic ring is 1. The molecule has 3 aromatic rings. The number of fused-ring (bicyclic) bond motifs is 1. The van der Waals surface area contributed by atoms with Gasteiger partial charge in [0.2, 0.25) is 0 Å². The maximum Gasteiger partial charge on any atom is 0.263 e. The van der Waals surface area contributed by atoms with E-state index in [1.165, 1.54) is 11.3 Å². The zero-order valence-electron chi connectivity index (χ0n) is 10.9. The first-order chi connectivity index (χ1) is 10.1. The van der Waals surface area contributed by atoms with Gasteiger partial charge in [0.25, 0.3) is 5.91 Å². The molecule has 108 valence electrons. The van der Waals surface area contributed by atoms with Gasteiger partial charge in [0, 0.05) is 39.1 Å². The summed E-state index contributed by atoms with van der Waals surface area (Å²) in [5.74, 6) is -0.124. The average Bonchev–Trinajstić information content (AvgIpc) is 3.07. The van der Waals surface area contributed by atoms with Crippen LogP contribution in [0.4, 0.5) is 5.69 Å². The zero-order valence-corrected chi connectivity index (χ0v) is 14.1. The van der Waals surface area contributed by atoms with E-state index in [0.29, 0.717) is 17.1 Å². The lowest BCUT2D eigenvalue weighted by Gasteiger charge is -2.02. The van der Waals surface area contributed by atoms with E-state index in [2.05, 4.69) is 26.2 Å². The van der Waals surface area contributed by atoms with Crippen molar-refractivity contribution < 1.29 is 4.79 Å². The molecule has 1 aromatic carbocycles. The summed E-state index contributed by atoms with van der Waals surface area (Å²) in [5.41, 5.74) is 6.63. The van der Waals surface area contributed by atoms with Crippen molar-refractivity contribution in [2.24, 2.45) is 0 Å². The van der Waals surface area contributed by atoms with Gasteiger partial charge >= 0.3 is 0 Å². The Balaban J connectivity index is 1.73. The Morgan fingerprint density at radius 2 is 2.29 bits per heavy atom. The summed E-state index contributed by atoms with van der Waals surface area (Å²) >= 11 is 6.43. The molecule has 0 saturated carbocycles. The molecule has 0 atom stereocenters. The highest BCUT2D eigenvalue weighted by Crippen LogP contribution is 2.35. The number of anilines is 1. The van der Waals surface area contributed by atoms with E-state index in [1.807, 2.05) is 23.6 Å². The zero-order chi connectivity index (χ0) is 14.8. The van der Waals surface area contributed by atoms with E-state index >= 15 is 0 Å². The first-order valence-electron chi connectivity index (χ1n) is 6.29. The molecule has 0 saturated heterocycles. The minimum absolute atomic E-state index is 0.124. The number of benzene rings is 1. The maximum absolute atomic E-state index is 12.2. The van der Waals surface area contributed by atoms with E-state index < -0.39 is 0 Å².